The number of carbonyl (C=O) groups excluding carboxylic acids is 1. The minimum absolute atomic E-state index is 0.00701. The van der Waals surface area contributed by atoms with Crippen LogP contribution in [0.5, 0.6) is 0 Å². The van der Waals surface area contributed by atoms with Crippen molar-refractivity contribution in [3.63, 3.8) is 0 Å². The minimum atomic E-state index is -1.10. The molecule has 0 spiro atoms. The van der Waals surface area contributed by atoms with E-state index in [0.29, 0.717) is 17.9 Å². The van der Waals surface area contributed by atoms with Gasteiger partial charge in [-0.1, -0.05) is 17.7 Å². The first-order valence-corrected chi connectivity index (χ1v) is 9.73. The molecule has 7 heteroatoms. The molecule has 0 bridgehead atoms. The number of aromatic carboxylic acids is 1. The summed E-state index contributed by atoms with van der Waals surface area (Å²) in [6.07, 6.45) is 1.68. The summed E-state index contributed by atoms with van der Waals surface area (Å²) in [4.78, 5) is 27.7. The van der Waals surface area contributed by atoms with Gasteiger partial charge in [0, 0.05) is 28.9 Å². The van der Waals surface area contributed by atoms with Gasteiger partial charge in [0.1, 0.15) is 0 Å². The number of hydrogen-bond donors (Lipinski definition) is 1. The van der Waals surface area contributed by atoms with Crippen LogP contribution in [0.3, 0.4) is 0 Å². The number of ether oxygens (including phenoxy) is 1. The predicted molar refractivity (Wildman–Crippen MR) is 117 cm³/mol. The number of aryl methyl sites for hydroxylation is 1. The van der Waals surface area contributed by atoms with E-state index in [1.807, 2.05) is 36.6 Å². The van der Waals surface area contributed by atoms with Crippen molar-refractivity contribution in [3.8, 4) is 5.69 Å². The van der Waals surface area contributed by atoms with Crippen LogP contribution in [-0.2, 0) is 4.74 Å². The number of esters is 1. The third-order valence-electron chi connectivity index (χ3n) is 4.62. The molecule has 3 aromatic rings. The highest BCUT2D eigenvalue weighted by Gasteiger charge is 2.13. The topological polar surface area (TPSA) is 80.9 Å². The number of nitrogens with zero attached hydrogens (tertiary/aromatic N) is 2. The molecule has 30 heavy (non-hydrogen) atoms. The summed E-state index contributed by atoms with van der Waals surface area (Å²) < 4.78 is 7.11. The fraction of sp³-hybridized carbons (Fsp3) is 0.174. The predicted octanol–water partition coefficient (Wildman–Crippen LogP) is 5.37. The average Bonchev–Trinajstić information content (AvgIpc) is 3.00. The lowest BCUT2D eigenvalue weighted by Crippen LogP contribution is -2.06. The van der Waals surface area contributed by atoms with E-state index in [-0.39, 0.29) is 16.6 Å². The number of carboxylic acid groups (broad SMARTS) is 1. The molecule has 3 rings (SSSR count). The average molecular weight is 425 g/mol. The van der Waals surface area contributed by atoms with Gasteiger partial charge >= 0.3 is 11.9 Å². The van der Waals surface area contributed by atoms with Crippen LogP contribution in [0.25, 0.3) is 5.69 Å². The Balaban J connectivity index is 1.94. The fourth-order valence-corrected chi connectivity index (χ4v) is 3.40. The Hall–Kier alpha value is -3.38. The summed E-state index contributed by atoms with van der Waals surface area (Å²) in [6, 6.07) is 13.8. The molecule has 0 radical (unpaired) electrons. The van der Waals surface area contributed by atoms with Gasteiger partial charge in [-0.25, -0.2) is 9.59 Å². The minimum Gasteiger partial charge on any atom is -0.478 e. The monoisotopic (exact) mass is 424 g/mol. The second-order valence-corrected chi connectivity index (χ2v) is 7.07. The lowest BCUT2D eigenvalue weighted by atomic mass is 10.2. The number of benzene rings is 2. The zero-order valence-corrected chi connectivity index (χ0v) is 17.6. The summed E-state index contributed by atoms with van der Waals surface area (Å²) in [6.45, 7) is 6.01. The smallest absolute Gasteiger partial charge is 0.338 e. The lowest BCUT2D eigenvalue weighted by Gasteiger charge is -2.11. The van der Waals surface area contributed by atoms with Gasteiger partial charge in [-0.2, -0.15) is 0 Å². The Labute approximate surface area is 179 Å². The largest absolute Gasteiger partial charge is 0.478 e. The van der Waals surface area contributed by atoms with Gasteiger partial charge in [0.25, 0.3) is 0 Å². The molecule has 1 heterocycles. The molecular weight excluding hydrogens is 404 g/mol. The molecule has 2 aromatic carbocycles. The van der Waals surface area contributed by atoms with E-state index in [0.717, 1.165) is 22.6 Å². The summed E-state index contributed by atoms with van der Waals surface area (Å²) in [5.41, 5.74) is 4.61. The zero-order chi connectivity index (χ0) is 21.8. The first kappa shape index (κ1) is 21.3. The van der Waals surface area contributed by atoms with Crippen molar-refractivity contribution in [2.45, 2.75) is 20.8 Å². The molecule has 1 aromatic heterocycles. The van der Waals surface area contributed by atoms with Gasteiger partial charge in [0.15, 0.2) is 0 Å². The second kappa shape index (κ2) is 8.97. The zero-order valence-electron chi connectivity index (χ0n) is 16.8. The molecule has 0 saturated heterocycles. The highest BCUT2D eigenvalue weighted by atomic mass is 35.5. The van der Waals surface area contributed by atoms with Crippen molar-refractivity contribution in [1.29, 1.82) is 0 Å². The molecule has 0 saturated carbocycles. The van der Waals surface area contributed by atoms with Crippen molar-refractivity contribution in [2.24, 2.45) is 4.99 Å². The van der Waals surface area contributed by atoms with E-state index in [1.165, 1.54) is 12.1 Å². The third kappa shape index (κ3) is 4.44. The van der Waals surface area contributed by atoms with Gasteiger partial charge in [0.05, 0.1) is 28.4 Å². The number of hydrogen-bond acceptors (Lipinski definition) is 4. The molecule has 0 aliphatic heterocycles. The van der Waals surface area contributed by atoms with Gasteiger partial charge in [-0.3, -0.25) is 4.99 Å². The van der Waals surface area contributed by atoms with Crippen LogP contribution in [-0.4, -0.2) is 34.4 Å². The Morgan fingerprint density at radius 1 is 1.17 bits per heavy atom. The number of halogens is 1. The first-order valence-electron chi connectivity index (χ1n) is 9.35. The summed E-state index contributed by atoms with van der Waals surface area (Å²) in [5, 5.41) is 9.38. The van der Waals surface area contributed by atoms with Crippen LogP contribution in [0.2, 0.25) is 5.02 Å². The maximum Gasteiger partial charge on any atom is 0.338 e. The van der Waals surface area contributed by atoms with Crippen LogP contribution < -0.4 is 0 Å². The van der Waals surface area contributed by atoms with E-state index in [4.69, 9.17) is 16.3 Å². The molecule has 0 unspecified atom stereocenters. The number of carbonyl (C=O) groups is 2. The van der Waals surface area contributed by atoms with Crippen LogP contribution in [0.1, 0.15) is 44.6 Å². The molecule has 1 N–H and O–H groups in total. The van der Waals surface area contributed by atoms with Gasteiger partial charge in [-0.05, 0) is 63.2 Å². The normalized spacial score (nSPS) is 11.1. The molecular formula is C23H21ClN2O4. The molecule has 0 atom stereocenters. The Bertz CT molecular complexity index is 1150. The highest BCUT2D eigenvalue weighted by Crippen LogP contribution is 2.24. The first-order chi connectivity index (χ1) is 14.3. The summed E-state index contributed by atoms with van der Waals surface area (Å²) in [7, 11) is 0. The molecule has 0 aliphatic rings. The molecule has 154 valence electrons. The molecule has 0 amide bonds. The van der Waals surface area contributed by atoms with Crippen molar-refractivity contribution in [3.05, 3.63) is 81.6 Å². The molecule has 0 aliphatic carbocycles. The van der Waals surface area contributed by atoms with E-state index >= 15 is 0 Å². The number of aliphatic imine (C=N–C) groups is 1. The van der Waals surface area contributed by atoms with Crippen LogP contribution in [0.15, 0.2) is 53.5 Å². The van der Waals surface area contributed by atoms with E-state index < -0.39 is 5.97 Å². The van der Waals surface area contributed by atoms with Crippen LogP contribution in [0.4, 0.5) is 5.69 Å². The van der Waals surface area contributed by atoms with Gasteiger partial charge < -0.3 is 14.4 Å². The lowest BCUT2D eigenvalue weighted by molar-refractivity contribution is 0.0525. The molecule has 0 fully saturated rings. The van der Waals surface area contributed by atoms with Crippen LogP contribution in [0, 0.1) is 13.8 Å². The Kier molecular flexibility index (Phi) is 6.37. The number of aromatic nitrogens is 1. The number of rotatable bonds is 6. The summed E-state index contributed by atoms with van der Waals surface area (Å²) >= 11 is 5.91. The Morgan fingerprint density at radius 2 is 1.93 bits per heavy atom. The highest BCUT2D eigenvalue weighted by molar-refractivity contribution is 6.33. The van der Waals surface area contributed by atoms with E-state index in [9.17, 15) is 14.7 Å². The van der Waals surface area contributed by atoms with Crippen molar-refractivity contribution in [1.82, 2.24) is 4.57 Å². The third-order valence-corrected chi connectivity index (χ3v) is 4.95. The van der Waals surface area contributed by atoms with E-state index in [2.05, 4.69) is 4.99 Å². The van der Waals surface area contributed by atoms with Crippen LogP contribution >= 0.6 is 11.6 Å². The standard InChI is InChI=1S/C23H21ClN2O4/c1-4-30-23(29)16-6-5-7-19(11-16)26-14(2)10-17(15(26)3)13-25-18-8-9-21(24)20(12-18)22(27)28/h5-13H,4H2,1-3H3,(H,27,28). The SMILES string of the molecule is CCOC(=O)c1cccc(-n2c(C)cc(C=Nc3ccc(Cl)c(C(=O)O)c3)c2C)c1. The maximum atomic E-state index is 12.1. The molecule has 6 nitrogen and oxygen atoms in total. The van der Waals surface area contributed by atoms with Crippen molar-refractivity contribution >= 4 is 35.4 Å². The Morgan fingerprint density at radius 3 is 2.63 bits per heavy atom. The van der Waals surface area contributed by atoms with Crippen molar-refractivity contribution in [2.75, 3.05) is 6.61 Å². The second-order valence-electron chi connectivity index (χ2n) is 6.66. The quantitative estimate of drug-likeness (QED) is 0.426. The van der Waals surface area contributed by atoms with Gasteiger partial charge in [0.2, 0.25) is 0 Å². The van der Waals surface area contributed by atoms with Gasteiger partial charge in [-0.15, -0.1) is 0 Å². The maximum absolute atomic E-state index is 12.1. The summed E-state index contributed by atoms with van der Waals surface area (Å²) in [5.74, 6) is -1.46. The fourth-order valence-electron chi connectivity index (χ4n) is 3.20. The number of carboxylic acids is 1. The van der Waals surface area contributed by atoms with E-state index in [1.54, 1.807) is 31.3 Å². The van der Waals surface area contributed by atoms with Crippen molar-refractivity contribution < 1.29 is 19.4 Å².